The predicted octanol–water partition coefficient (Wildman–Crippen LogP) is 3.80. The first kappa shape index (κ1) is 12.8. The zero-order valence-electron chi connectivity index (χ0n) is 10.4. The van der Waals surface area contributed by atoms with E-state index >= 15 is 0 Å². The van der Waals surface area contributed by atoms with Gasteiger partial charge in [-0.3, -0.25) is 0 Å². The van der Waals surface area contributed by atoms with Crippen LogP contribution in [0.3, 0.4) is 0 Å². The largest absolute Gasteiger partial charge is 0.313 e. The first-order chi connectivity index (χ1) is 7.98. The van der Waals surface area contributed by atoms with Crippen LogP contribution in [0.15, 0.2) is 18.2 Å². The molecule has 1 aliphatic carbocycles. The first-order valence-corrected chi connectivity index (χ1v) is 6.52. The van der Waals surface area contributed by atoms with Gasteiger partial charge in [-0.25, -0.2) is 4.39 Å². The normalized spacial score (nSPS) is 16.2. The topological polar surface area (TPSA) is 12.0 Å². The van der Waals surface area contributed by atoms with Crippen molar-refractivity contribution in [2.75, 3.05) is 6.54 Å². The van der Waals surface area contributed by atoms with E-state index in [2.05, 4.69) is 19.2 Å². The van der Waals surface area contributed by atoms with Crippen molar-refractivity contribution in [2.45, 2.75) is 39.2 Å². The molecule has 0 saturated heterocycles. The van der Waals surface area contributed by atoms with Gasteiger partial charge in [0.2, 0.25) is 0 Å². The Bertz CT molecular complexity index is 399. The maximum atomic E-state index is 13.3. The second-order valence-electron chi connectivity index (χ2n) is 5.71. The molecule has 3 heteroatoms. The first-order valence-electron chi connectivity index (χ1n) is 6.14. The van der Waals surface area contributed by atoms with Crippen LogP contribution in [0.25, 0.3) is 0 Å². The molecule has 0 aliphatic heterocycles. The van der Waals surface area contributed by atoms with Crippen LogP contribution >= 0.6 is 11.6 Å². The number of benzene rings is 1. The van der Waals surface area contributed by atoms with Crippen molar-refractivity contribution >= 4 is 11.6 Å². The van der Waals surface area contributed by atoms with Crippen LogP contribution in [0.4, 0.5) is 4.39 Å². The fourth-order valence-corrected chi connectivity index (χ4v) is 2.16. The fourth-order valence-electron chi connectivity index (χ4n) is 1.97. The van der Waals surface area contributed by atoms with Gasteiger partial charge in [-0.05, 0) is 36.3 Å². The smallest absolute Gasteiger partial charge is 0.142 e. The van der Waals surface area contributed by atoms with E-state index in [1.807, 2.05) is 6.07 Å². The quantitative estimate of drug-likeness (QED) is 0.844. The summed E-state index contributed by atoms with van der Waals surface area (Å²) in [7, 11) is 0. The second kappa shape index (κ2) is 4.95. The number of halogens is 2. The van der Waals surface area contributed by atoms with Crippen LogP contribution in [0.5, 0.6) is 0 Å². The van der Waals surface area contributed by atoms with Gasteiger partial charge in [0.15, 0.2) is 0 Å². The van der Waals surface area contributed by atoms with Gasteiger partial charge >= 0.3 is 0 Å². The van der Waals surface area contributed by atoms with Crippen LogP contribution in [-0.4, -0.2) is 12.6 Å². The monoisotopic (exact) mass is 255 g/mol. The zero-order valence-corrected chi connectivity index (χ0v) is 11.1. The maximum absolute atomic E-state index is 13.3. The molecule has 0 amide bonds. The Balaban J connectivity index is 1.99. The summed E-state index contributed by atoms with van der Waals surface area (Å²) >= 11 is 5.98. The highest BCUT2D eigenvalue weighted by Gasteiger charge is 2.26. The fraction of sp³-hybridized carbons (Fsp3) is 0.571. The Labute approximate surface area is 107 Å². The van der Waals surface area contributed by atoms with Crippen molar-refractivity contribution in [3.63, 3.8) is 0 Å². The molecular weight excluding hydrogens is 237 g/mol. The molecule has 0 bridgehead atoms. The minimum absolute atomic E-state index is 0.0972. The number of hydrogen-bond acceptors (Lipinski definition) is 1. The van der Waals surface area contributed by atoms with Crippen molar-refractivity contribution in [3.8, 4) is 0 Å². The van der Waals surface area contributed by atoms with E-state index in [0.29, 0.717) is 6.04 Å². The number of hydrogen-bond donors (Lipinski definition) is 1. The lowest BCUT2D eigenvalue weighted by atomic mass is 9.85. The Kier molecular flexibility index (Phi) is 3.74. The maximum Gasteiger partial charge on any atom is 0.142 e. The summed E-state index contributed by atoms with van der Waals surface area (Å²) in [6.45, 7) is 5.32. The summed E-state index contributed by atoms with van der Waals surface area (Å²) < 4.78 is 13.3. The van der Waals surface area contributed by atoms with Crippen molar-refractivity contribution in [3.05, 3.63) is 34.6 Å². The molecule has 2 rings (SSSR count). The van der Waals surface area contributed by atoms with E-state index in [1.165, 1.54) is 18.9 Å². The molecule has 0 unspecified atom stereocenters. The molecule has 0 radical (unpaired) electrons. The van der Waals surface area contributed by atoms with E-state index < -0.39 is 0 Å². The number of rotatable bonds is 5. The molecule has 0 spiro atoms. The highest BCUT2D eigenvalue weighted by molar-refractivity contribution is 6.31. The summed E-state index contributed by atoms with van der Waals surface area (Å²) in [5, 5.41) is 3.78. The van der Waals surface area contributed by atoms with Crippen LogP contribution in [0.1, 0.15) is 32.3 Å². The average molecular weight is 256 g/mol. The average Bonchev–Trinajstić information content (AvgIpc) is 3.06. The highest BCUT2D eigenvalue weighted by Crippen LogP contribution is 2.29. The summed E-state index contributed by atoms with van der Waals surface area (Å²) in [4.78, 5) is 0. The van der Waals surface area contributed by atoms with E-state index in [-0.39, 0.29) is 16.3 Å². The van der Waals surface area contributed by atoms with Crippen LogP contribution in [-0.2, 0) is 6.42 Å². The minimum atomic E-state index is -0.324. The molecule has 0 atom stereocenters. The van der Waals surface area contributed by atoms with Crippen molar-refractivity contribution in [1.82, 2.24) is 5.32 Å². The molecule has 1 aromatic rings. The Morgan fingerprint density at radius 3 is 2.76 bits per heavy atom. The molecule has 1 aromatic carbocycles. The van der Waals surface area contributed by atoms with Crippen molar-refractivity contribution in [2.24, 2.45) is 5.41 Å². The third-order valence-electron chi connectivity index (χ3n) is 3.15. The zero-order chi connectivity index (χ0) is 12.5. The van der Waals surface area contributed by atoms with Gasteiger partial charge in [-0.15, -0.1) is 0 Å². The summed E-state index contributed by atoms with van der Waals surface area (Å²) in [5.41, 5.74) is 0.995. The van der Waals surface area contributed by atoms with Gasteiger partial charge in [0, 0.05) is 12.6 Å². The molecule has 17 heavy (non-hydrogen) atoms. The minimum Gasteiger partial charge on any atom is -0.313 e. The Morgan fingerprint density at radius 2 is 2.12 bits per heavy atom. The van der Waals surface area contributed by atoms with Crippen molar-refractivity contribution in [1.29, 1.82) is 0 Å². The van der Waals surface area contributed by atoms with Crippen LogP contribution < -0.4 is 5.32 Å². The lowest BCUT2D eigenvalue weighted by Crippen LogP contribution is -2.32. The van der Waals surface area contributed by atoms with Crippen LogP contribution in [0, 0.1) is 11.2 Å². The van der Waals surface area contributed by atoms with Gasteiger partial charge in [0.1, 0.15) is 5.82 Å². The third kappa shape index (κ3) is 3.68. The highest BCUT2D eigenvalue weighted by atomic mass is 35.5. The standard InChI is InChI=1S/C14H19ClFN/c1-14(2,9-17-11-6-7-11)8-10-4-3-5-12(16)13(10)15/h3-5,11,17H,6-9H2,1-2H3. The summed E-state index contributed by atoms with van der Waals surface area (Å²) in [5.74, 6) is -0.324. The molecule has 1 fully saturated rings. The molecule has 0 aromatic heterocycles. The third-order valence-corrected chi connectivity index (χ3v) is 3.57. The van der Waals surface area contributed by atoms with E-state index in [1.54, 1.807) is 6.07 Å². The lowest BCUT2D eigenvalue weighted by Gasteiger charge is -2.25. The van der Waals surface area contributed by atoms with E-state index in [4.69, 9.17) is 11.6 Å². The van der Waals surface area contributed by atoms with Gasteiger partial charge < -0.3 is 5.32 Å². The summed E-state index contributed by atoms with van der Waals surface area (Å²) in [6.07, 6.45) is 3.37. The van der Waals surface area contributed by atoms with Gasteiger partial charge in [0.25, 0.3) is 0 Å². The molecule has 1 nitrogen and oxygen atoms in total. The molecule has 0 heterocycles. The Hall–Kier alpha value is -0.600. The van der Waals surface area contributed by atoms with Gasteiger partial charge in [-0.1, -0.05) is 37.6 Å². The molecule has 1 N–H and O–H groups in total. The van der Waals surface area contributed by atoms with Gasteiger partial charge in [-0.2, -0.15) is 0 Å². The molecular formula is C14H19ClFN. The van der Waals surface area contributed by atoms with E-state index in [0.717, 1.165) is 18.5 Å². The SMILES string of the molecule is CC(C)(CNC1CC1)Cc1cccc(F)c1Cl. The second-order valence-corrected chi connectivity index (χ2v) is 6.09. The Morgan fingerprint density at radius 1 is 1.41 bits per heavy atom. The molecule has 94 valence electrons. The molecule has 1 saturated carbocycles. The molecule has 1 aliphatic rings. The predicted molar refractivity (Wildman–Crippen MR) is 69.9 cm³/mol. The van der Waals surface area contributed by atoms with E-state index in [9.17, 15) is 4.39 Å². The van der Waals surface area contributed by atoms with Gasteiger partial charge in [0.05, 0.1) is 5.02 Å². The summed E-state index contributed by atoms with van der Waals surface area (Å²) in [6, 6.07) is 5.74. The van der Waals surface area contributed by atoms with Crippen molar-refractivity contribution < 1.29 is 4.39 Å². The van der Waals surface area contributed by atoms with Crippen LogP contribution in [0.2, 0.25) is 5.02 Å². The number of nitrogens with one attached hydrogen (secondary N) is 1. The lowest BCUT2D eigenvalue weighted by molar-refractivity contribution is 0.336.